The lowest BCUT2D eigenvalue weighted by atomic mass is 10.1. The van der Waals surface area contributed by atoms with Gasteiger partial charge in [0.05, 0.1) is 39.5 Å². The third-order valence-electron chi connectivity index (χ3n) is 6.61. The van der Waals surface area contributed by atoms with Gasteiger partial charge >= 0.3 is 0 Å². The molecule has 5 rings (SSSR count). The first-order valence-corrected chi connectivity index (χ1v) is 13.1. The van der Waals surface area contributed by atoms with E-state index in [1.165, 1.54) is 0 Å². The molecule has 1 fully saturated rings. The first kappa shape index (κ1) is 26.5. The van der Waals surface area contributed by atoms with Gasteiger partial charge in [0.25, 0.3) is 0 Å². The Morgan fingerprint density at radius 2 is 1.79 bits per heavy atom. The van der Waals surface area contributed by atoms with Gasteiger partial charge in [0, 0.05) is 42.0 Å². The van der Waals surface area contributed by atoms with Crippen LogP contribution in [0.4, 0.5) is 5.69 Å². The average molecular weight is 528 g/mol. The second-order valence-corrected chi connectivity index (χ2v) is 9.30. The fourth-order valence-corrected chi connectivity index (χ4v) is 4.62. The third kappa shape index (κ3) is 6.85. The zero-order valence-electron chi connectivity index (χ0n) is 22.0. The molecule has 0 saturated carbocycles. The molecular weight excluding hydrogens is 494 g/mol. The van der Waals surface area contributed by atoms with E-state index < -0.39 is 0 Å². The molecule has 0 spiro atoms. The Morgan fingerprint density at radius 1 is 0.949 bits per heavy atom. The Balaban J connectivity index is 1.11. The number of para-hydroxylation sites is 1. The maximum absolute atomic E-state index is 12.8. The Bertz CT molecular complexity index is 1380. The van der Waals surface area contributed by atoms with Crippen LogP contribution in [-0.2, 0) is 16.1 Å². The van der Waals surface area contributed by atoms with E-state index in [9.17, 15) is 4.79 Å². The highest BCUT2D eigenvalue weighted by Crippen LogP contribution is 2.25. The molecule has 8 nitrogen and oxygen atoms in total. The number of hydrogen-bond acceptors (Lipinski definition) is 7. The summed E-state index contributed by atoms with van der Waals surface area (Å²) < 4.78 is 23.1. The number of benzene rings is 3. The average Bonchev–Trinajstić information content (AvgIpc) is 2.98. The van der Waals surface area contributed by atoms with Gasteiger partial charge in [-0.05, 0) is 53.9 Å². The standard InChI is InChI=1S/C31H33N3O5/c1-36-30-6-3-2-5-24(30)21-37-15-4-16-38-28-11-8-26(9-12-28)34-27(19-33-20-31(34)35)22-39-29-10-7-23-13-14-32-18-25(23)17-29/h2-3,5-14,17-18,27,33H,4,15-16,19-22H2,1H3/t27-/m1/s1. The van der Waals surface area contributed by atoms with Crippen LogP contribution in [0.25, 0.3) is 10.8 Å². The molecule has 0 bridgehead atoms. The zero-order chi connectivity index (χ0) is 26.9. The normalized spacial score (nSPS) is 15.4. The number of methoxy groups -OCH3 is 1. The van der Waals surface area contributed by atoms with Gasteiger partial charge < -0.3 is 29.2 Å². The van der Waals surface area contributed by atoms with Gasteiger partial charge in [0.2, 0.25) is 5.91 Å². The lowest BCUT2D eigenvalue weighted by Crippen LogP contribution is -2.57. The van der Waals surface area contributed by atoms with Crippen molar-refractivity contribution in [1.29, 1.82) is 0 Å². The molecule has 1 amide bonds. The fraction of sp³-hybridized carbons (Fsp3) is 0.290. The minimum Gasteiger partial charge on any atom is -0.496 e. The maximum Gasteiger partial charge on any atom is 0.241 e. The molecular formula is C31H33N3O5. The van der Waals surface area contributed by atoms with Crippen LogP contribution in [0.15, 0.2) is 85.2 Å². The van der Waals surface area contributed by atoms with Gasteiger partial charge in [-0.15, -0.1) is 0 Å². The SMILES string of the molecule is COc1ccccc1COCCCOc1ccc(N2C(=O)CNC[C@@H]2COc2ccc3ccncc3c2)cc1. The van der Waals surface area contributed by atoms with Crippen LogP contribution in [0.1, 0.15) is 12.0 Å². The van der Waals surface area contributed by atoms with E-state index in [1.54, 1.807) is 13.3 Å². The zero-order valence-corrected chi connectivity index (χ0v) is 22.0. The topological polar surface area (TPSA) is 82.2 Å². The number of piperazine rings is 1. The van der Waals surface area contributed by atoms with E-state index in [-0.39, 0.29) is 11.9 Å². The first-order valence-electron chi connectivity index (χ1n) is 13.1. The molecule has 0 radical (unpaired) electrons. The Labute approximate surface area is 228 Å². The molecule has 8 heteroatoms. The summed E-state index contributed by atoms with van der Waals surface area (Å²) in [6.45, 7) is 2.94. The number of nitrogens with zero attached hydrogens (tertiary/aromatic N) is 2. The van der Waals surface area contributed by atoms with Crippen LogP contribution < -0.4 is 24.4 Å². The smallest absolute Gasteiger partial charge is 0.241 e. The minimum atomic E-state index is -0.136. The first-order chi connectivity index (χ1) is 19.2. The predicted molar refractivity (Wildman–Crippen MR) is 151 cm³/mol. The molecule has 0 unspecified atom stereocenters. The Kier molecular flexibility index (Phi) is 8.88. The quantitative estimate of drug-likeness (QED) is 0.270. The van der Waals surface area contributed by atoms with E-state index in [0.717, 1.165) is 45.7 Å². The van der Waals surface area contributed by atoms with Gasteiger partial charge in [-0.1, -0.05) is 24.3 Å². The monoisotopic (exact) mass is 527 g/mol. The number of aromatic nitrogens is 1. The van der Waals surface area contributed by atoms with Gasteiger partial charge in [-0.2, -0.15) is 0 Å². The number of ether oxygens (including phenoxy) is 4. The van der Waals surface area contributed by atoms with Crippen LogP contribution >= 0.6 is 0 Å². The third-order valence-corrected chi connectivity index (χ3v) is 6.61. The van der Waals surface area contributed by atoms with E-state index in [4.69, 9.17) is 18.9 Å². The van der Waals surface area contributed by atoms with Crippen molar-refractivity contribution in [3.8, 4) is 17.2 Å². The summed E-state index contributed by atoms with van der Waals surface area (Å²) in [4.78, 5) is 18.8. The molecule has 1 aliphatic rings. The fourth-order valence-electron chi connectivity index (χ4n) is 4.62. The number of pyridine rings is 1. The summed E-state index contributed by atoms with van der Waals surface area (Å²) in [6, 6.07) is 23.2. The van der Waals surface area contributed by atoms with Crippen molar-refractivity contribution in [1.82, 2.24) is 10.3 Å². The highest BCUT2D eigenvalue weighted by Gasteiger charge is 2.29. The molecule has 1 N–H and O–H groups in total. The van der Waals surface area contributed by atoms with Crippen molar-refractivity contribution in [3.63, 3.8) is 0 Å². The van der Waals surface area contributed by atoms with E-state index in [1.807, 2.05) is 83.9 Å². The number of anilines is 1. The van der Waals surface area contributed by atoms with Gasteiger partial charge in [-0.3, -0.25) is 9.78 Å². The minimum absolute atomic E-state index is 0.0124. The number of amides is 1. The van der Waals surface area contributed by atoms with E-state index >= 15 is 0 Å². The molecule has 202 valence electrons. The van der Waals surface area contributed by atoms with E-state index in [0.29, 0.717) is 39.5 Å². The molecule has 0 aliphatic carbocycles. The van der Waals surface area contributed by atoms with Crippen molar-refractivity contribution in [2.45, 2.75) is 19.1 Å². The molecule has 2 heterocycles. The van der Waals surface area contributed by atoms with Crippen LogP contribution in [-0.4, -0.2) is 57.0 Å². The van der Waals surface area contributed by atoms with Gasteiger partial charge in [0.1, 0.15) is 23.9 Å². The van der Waals surface area contributed by atoms with Crippen molar-refractivity contribution in [2.75, 3.05) is 44.9 Å². The molecule has 1 aliphatic heterocycles. The lowest BCUT2D eigenvalue weighted by Gasteiger charge is -2.36. The number of fused-ring (bicyclic) bond motifs is 1. The van der Waals surface area contributed by atoms with Crippen molar-refractivity contribution in [3.05, 3.63) is 90.8 Å². The number of nitrogens with one attached hydrogen (secondary N) is 1. The summed E-state index contributed by atoms with van der Waals surface area (Å²) >= 11 is 0. The van der Waals surface area contributed by atoms with Crippen molar-refractivity contribution >= 4 is 22.4 Å². The second-order valence-electron chi connectivity index (χ2n) is 9.30. The summed E-state index contributed by atoms with van der Waals surface area (Å²) in [5.74, 6) is 2.35. The van der Waals surface area contributed by atoms with Crippen molar-refractivity contribution in [2.24, 2.45) is 0 Å². The maximum atomic E-state index is 12.8. The van der Waals surface area contributed by atoms with Gasteiger partial charge in [-0.25, -0.2) is 0 Å². The number of carbonyl (C=O) groups excluding carboxylic acids is 1. The van der Waals surface area contributed by atoms with Crippen LogP contribution in [0.3, 0.4) is 0 Å². The number of rotatable bonds is 12. The summed E-state index contributed by atoms with van der Waals surface area (Å²) in [5, 5.41) is 5.32. The Morgan fingerprint density at radius 3 is 2.67 bits per heavy atom. The lowest BCUT2D eigenvalue weighted by molar-refractivity contribution is -0.119. The summed E-state index contributed by atoms with van der Waals surface area (Å²) in [6.07, 6.45) is 4.35. The largest absolute Gasteiger partial charge is 0.496 e. The highest BCUT2D eigenvalue weighted by molar-refractivity contribution is 5.96. The van der Waals surface area contributed by atoms with Crippen LogP contribution in [0.2, 0.25) is 0 Å². The molecule has 3 aromatic carbocycles. The number of carbonyl (C=O) groups is 1. The van der Waals surface area contributed by atoms with Crippen LogP contribution in [0, 0.1) is 0 Å². The molecule has 1 aromatic heterocycles. The van der Waals surface area contributed by atoms with Crippen molar-refractivity contribution < 1.29 is 23.7 Å². The highest BCUT2D eigenvalue weighted by atomic mass is 16.5. The van der Waals surface area contributed by atoms with E-state index in [2.05, 4.69) is 10.3 Å². The number of hydrogen-bond donors (Lipinski definition) is 1. The second kappa shape index (κ2) is 13.1. The molecule has 1 saturated heterocycles. The summed E-state index contributed by atoms with van der Waals surface area (Å²) in [5.41, 5.74) is 1.85. The Hall–Kier alpha value is -4.14. The molecule has 1 atom stereocenters. The van der Waals surface area contributed by atoms with Gasteiger partial charge in [0.15, 0.2) is 0 Å². The molecule has 4 aromatic rings. The predicted octanol–water partition coefficient (Wildman–Crippen LogP) is 4.61. The molecule has 39 heavy (non-hydrogen) atoms. The summed E-state index contributed by atoms with van der Waals surface area (Å²) in [7, 11) is 1.66. The van der Waals surface area contributed by atoms with Crippen LogP contribution in [0.5, 0.6) is 17.2 Å².